The monoisotopic (exact) mass is 260 g/mol. The number of rotatable bonds is 4. The van der Waals surface area contributed by atoms with Crippen molar-refractivity contribution in [1.29, 1.82) is 5.41 Å². The van der Waals surface area contributed by atoms with Gasteiger partial charge in [0.2, 0.25) is 0 Å². The normalized spacial score (nSPS) is 27.2. The minimum Gasteiger partial charge on any atom is -0.384 e. The average Bonchev–Trinajstić information content (AvgIpc) is 2.40. The molecule has 0 aliphatic heterocycles. The molecule has 2 rings (SSSR count). The van der Waals surface area contributed by atoms with Crippen LogP contribution < -0.4 is 5.73 Å². The van der Waals surface area contributed by atoms with E-state index in [2.05, 4.69) is 13.8 Å². The Morgan fingerprint density at radius 1 is 1.21 bits per heavy atom. The molecule has 3 unspecified atom stereocenters. The topological polar surface area (TPSA) is 59.1 Å². The van der Waals surface area contributed by atoms with Crippen molar-refractivity contribution in [1.82, 2.24) is 0 Å². The molecule has 0 aromatic heterocycles. The fourth-order valence-electron chi connectivity index (χ4n) is 2.64. The molecule has 1 aromatic rings. The van der Waals surface area contributed by atoms with E-state index in [0.717, 1.165) is 23.0 Å². The Morgan fingerprint density at radius 3 is 2.47 bits per heavy atom. The van der Waals surface area contributed by atoms with Crippen LogP contribution in [0, 0.1) is 17.2 Å². The zero-order chi connectivity index (χ0) is 13.8. The molecule has 3 heteroatoms. The maximum atomic E-state index is 7.36. The van der Waals surface area contributed by atoms with Gasteiger partial charge in [-0.15, -0.1) is 0 Å². The predicted octanol–water partition coefficient (Wildman–Crippen LogP) is 3.31. The Labute approximate surface area is 115 Å². The molecule has 1 aliphatic rings. The van der Waals surface area contributed by atoms with Gasteiger partial charge < -0.3 is 10.5 Å². The van der Waals surface area contributed by atoms with Crippen molar-refractivity contribution in [3.8, 4) is 0 Å². The summed E-state index contributed by atoms with van der Waals surface area (Å²) in [6.45, 7) is 5.31. The lowest BCUT2D eigenvalue weighted by Gasteiger charge is -2.32. The van der Waals surface area contributed by atoms with E-state index < -0.39 is 0 Å². The largest absolute Gasteiger partial charge is 0.384 e. The van der Waals surface area contributed by atoms with Crippen molar-refractivity contribution in [2.45, 2.75) is 45.8 Å². The van der Waals surface area contributed by atoms with Crippen molar-refractivity contribution in [3.05, 3.63) is 35.4 Å². The van der Waals surface area contributed by atoms with E-state index in [0.29, 0.717) is 12.7 Å². The second-order valence-electron chi connectivity index (χ2n) is 5.81. The van der Waals surface area contributed by atoms with Gasteiger partial charge in [0.15, 0.2) is 0 Å². The van der Waals surface area contributed by atoms with Crippen LogP contribution in [0.5, 0.6) is 0 Å². The molecule has 1 fully saturated rings. The number of benzene rings is 1. The lowest BCUT2D eigenvalue weighted by atomic mass is 9.80. The van der Waals surface area contributed by atoms with Crippen molar-refractivity contribution >= 4 is 5.84 Å². The highest BCUT2D eigenvalue weighted by atomic mass is 16.5. The van der Waals surface area contributed by atoms with Gasteiger partial charge in [0.1, 0.15) is 5.84 Å². The van der Waals surface area contributed by atoms with Gasteiger partial charge in [0.25, 0.3) is 0 Å². The maximum absolute atomic E-state index is 7.36. The van der Waals surface area contributed by atoms with Crippen LogP contribution in [-0.2, 0) is 11.3 Å². The van der Waals surface area contributed by atoms with Gasteiger partial charge in [-0.3, -0.25) is 5.41 Å². The summed E-state index contributed by atoms with van der Waals surface area (Å²) in [7, 11) is 0. The van der Waals surface area contributed by atoms with Gasteiger partial charge >= 0.3 is 0 Å². The summed E-state index contributed by atoms with van der Waals surface area (Å²) in [6.07, 6.45) is 4.03. The zero-order valence-electron chi connectivity index (χ0n) is 11.9. The zero-order valence-corrected chi connectivity index (χ0v) is 11.9. The molecule has 0 heterocycles. The van der Waals surface area contributed by atoms with Crippen molar-refractivity contribution in [2.75, 3.05) is 0 Å². The standard InChI is InChI=1S/C16H24N2O/c1-11-3-8-15(9-12(11)2)19-10-13-4-6-14(7-5-13)16(17)18/h4-7,11-12,15H,3,8-10H2,1-2H3,(H3,17,18). The molecule has 1 aromatic carbocycles. The van der Waals surface area contributed by atoms with Crippen LogP contribution >= 0.6 is 0 Å². The van der Waals surface area contributed by atoms with Crippen LogP contribution in [0.25, 0.3) is 0 Å². The first kappa shape index (κ1) is 14.1. The highest BCUT2D eigenvalue weighted by Gasteiger charge is 2.24. The van der Waals surface area contributed by atoms with Gasteiger partial charge in [0, 0.05) is 5.56 Å². The van der Waals surface area contributed by atoms with E-state index in [4.69, 9.17) is 15.9 Å². The minimum absolute atomic E-state index is 0.113. The lowest BCUT2D eigenvalue weighted by molar-refractivity contribution is -0.00745. The fraction of sp³-hybridized carbons (Fsp3) is 0.562. The Morgan fingerprint density at radius 2 is 1.89 bits per heavy atom. The smallest absolute Gasteiger partial charge is 0.122 e. The number of hydrogen-bond donors (Lipinski definition) is 2. The second-order valence-corrected chi connectivity index (χ2v) is 5.81. The van der Waals surface area contributed by atoms with E-state index >= 15 is 0 Å². The van der Waals surface area contributed by atoms with E-state index in [1.807, 2.05) is 24.3 Å². The number of ether oxygens (including phenoxy) is 1. The molecule has 19 heavy (non-hydrogen) atoms. The van der Waals surface area contributed by atoms with Crippen molar-refractivity contribution in [2.24, 2.45) is 17.6 Å². The van der Waals surface area contributed by atoms with Gasteiger partial charge in [0.05, 0.1) is 12.7 Å². The maximum Gasteiger partial charge on any atom is 0.122 e. The summed E-state index contributed by atoms with van der Waals surface area (Å²) in [4.78, 5) is 0. The Bertz CT molecular complexity index is 427. The predicted molar refractivity (Wildman–Crippen MR) is 78.2 cm³/mol. The van der Waals surface area contributed by atoms with Crippen LogP contribution in [0.2, 0.25) is 0 Å². The molecule has 1 aliphatic carbocycles. The summed E-state index contributed by atoms with van der Waals surface area (Å²) < 4.78 is 6.00. The number of nitrogen functional groups attached to an aromatic ring is 1. The van der Waals surface area contributed by atoms with E-state index in [9.17, 15) is 0 Å². The Kier molecular flexibility index (Phi) is 4.59. The van der Waals surface area contributed by atoms with Crippen LogP contribution in [0.4, 0.5) is 0 Å². The molecular formula is C16H24N2O. The van der Waals surface area contributed by atoms with Crippen LogP contribution in [0.1, 0.15) is 44.2 Å². The molecule has 3 N–H and O–H groups in total. The molecule has 1 saturated carbocycles. The van der Waals surface area contributed by atoms with Gasteiger partial charge in [-0.1, -0.05) is 38.1 Å². The second kappa shape index (κ2) is 6.20. The first-order valence-corrected chi connectivity index (χ1v) is 7.11. The molecule has 3 atom stereocenters. The van der Waals surface area contributed by atoms with E-state index in [-0.39, 0.29) is 5.84 Å². The third-order valence-electron chi connectivity index (χ3n) is 4.30. The quantitative estimate of drug-likeness (QED) is 0.644. The number of hydrogen-bond acceptors (Lipinski definition) is 2. The Balaban J connectivity index is 1.83. The van der Waals surface area contributed by atoms with Gasteiger partial charge in [-0.2, -0.15) is 0 Å². The third kappa shape index (κ3) is 3.80. The SMILES string of the molecule is CC1CCC(OCc2ccc(C(=N)N)cc2)CC1C. The van der Waals surface area contributed by atoms with Crippen molar-refractivity contribution in [3.63, 3.8) is 0 Å². The molecule has 0 spiro atoms. The molecular weight excluding hydrogens is 236 g/mol. The summed E-state index contributed by atoms with van der Waals surface area (Å²) in [6, 6.07) is 7.75. The minimum atomic E-state index is 0.113. The molecule has 3 nitrogen and oxygen atoms in total. The highest BCUT2D eigenvalue weighted by Crippen LogP contribution is 2.31. The first-order valence-electron chi connectivity index (χ1n) is 7.11. The summed E-state index contributed by atoms with van der Waals surface area (Å²) in [5, 5.41) is 7.36. The molecule has 0 amide bonds. The van der Waals surface area contributed by atoms with Crippen molar-refractivity contribution < 1.29 is 4.74 Å². The fourth-order valence-corrected chi connectivity index (χ4v) is 2.64. The van der Waals surface area contributed by atoms with Gasteiger partial charge in [-0.25, -0.2) is 0 Å². The molecule has 0 saturated heterocycles. The average molecular weight is 260 g/mol. The highest BCUT2D eigenvalue weighted by molar-refractivity contribution is 5.94. The molecule has 0 bridgehead atoms. The summed E-state index contributed by atoms with van der Waals surface area (Å²) in [5.74, 6) is 1.70. The number of amidine groups is 1. The summed E-state index contributed by atoms with van der Waals surface area (Å²) in [5.41, 5.74) is 7.35. The van der Waals surface area contributed by atoms with Crippen LogP contribution in [-0.4, -0.2) is 11.9 Å². The third-order valence-corrected chi connectivity index (χ3v) is 4.30. The van der Waals surface area contributed by atoms with Gasteiger partial charge in [-0.05, 0) is 36.7 Å². The number of nitrogens with two attached hydrogens (primary N) is 1. The lowest BCUT2D eigenvalue weighted by Crippen LogP contribution is -2.26. The molecule has 104 valence electrons. The first-order chi connectivity index (χ1) is 9.06. The number of nitrogens with one attached hydrogen (secondary N) is 1. The van der Waals surface area contributed by atoms with E-state index in [1.165, 1.54) is 19.3 Å². The summed E-state index contributed by atoms with van der Waals surface area (Å²) >= 11 is 0. The Hall–Kier alpha value is -1.35. The van der Waals surface area contributed by atoms with Crippen LogP contribution in [0.15, 0.2) is 24.3 Å². The molecule has 0 radical (unpaired) electrons. The van der Waals surface area contributed by atoms with E-state index in [1.54, 1.807) is 0 Å². The van der Waals surface area contributed by atoms with Crippen LogP contribution in [0.3, 0.4) is 0 Å².